The molecule has 0 spiro atoms. The van der Waals surface area contributed by atoms with Gasteiger partial charge in [-0.05, 0) is 49.0 Å². The lowest BCUT2D eigenvalue weighted by atomic mass is 10.1. The van der Waals surface area contributed by atoms with Crippen LogP contribution in [0.15, 0.2) is 48.5 Å². The van der Waals surface area contributed by atoms with Crippen LogP contribution in [0.25, 0.3) is 10.8 Å². The highest BCUT2D eigenvalue weighted by Crippen LogP contribution is 2.31. The average Bonchev–Trinajstić information content (AvgIpc) is 3.23. The summed E-state index contributed by atoms with van der Waals surface area (Å²) in [6.45, 7) is 4.17. The summed E-state index contributed by atoms with van der Waals surface area (Å²) in [7, 11) is 0. The van der Waals surface area contributed by atoms with E-state index < -0.39 is 0 Å². The third-order valence-corrected chi connectivity index (χ3v) is 6.77. The van der Waals surface area contributed by atoms with Gasteiger partial charge in [0.15, 0.2) is 0 Å². The van der Waals surface area contributed by atoms with E-state index >= 15 is 0 Å². The van der Waals surface area contributed by atoms with E-state index in [4.69, 9.17) is 28.2 Å². The van der Waals surface area contributed by atoms with Crippen LogP contribution in [-0.4, -0.2) is 48.0 Å². The van der Waals surface area contributed by atoms with Crippen molar-refractivity contribution in [2.45, 2.75) is 18.9 Å². The standard InChI is InChI=1S/C23H22Cl2N4O/c24-19-8-7-16(12-20(19)25)23(30)27-21-13-15-4-1-2-6-18(15)22(26-21)29-11-10-28-9-3-5-17(28)14-29/h1-2,4,6-8,12-13,17H,3,5,9-11,14H2,(H,26,27,30)/t17-/m0/s1. The maximum absolute atomic E-state index is 12.8. The molecular formula is C23H22Cl2N4O. The lowest BCUT2D eigenvalue weighted by molar-refractivity contribution is 0.102. The number of aromatic nitrogens is 1. The van der Waals surface area contributed by atoms with Crippen molar-refractivity contribution in [3.8, 4) is 0 Å². The van der Waals surface area contributed by atoms with E-state index in [0.29, 0.717) is 27.5 Å². The first-order valence-corrected chi connectivity index (χ1v) is 11.0. The summed E-state index contributed by atoms with van der Waals surface area (Å²) in [4.78, 5) is 22.6. The molecule has 3 aromatic rings. The van der Waals surface area contributed by atoms with Crippen LogP contribution in [-0.2, 0) is 0 Å². The van der Waals surface area contributed by atoms with Gasteiger partial charge in [0.2, 0.25) is 0 Å². The van der Waals surface area contributed by atoms with Crippen LogP contribution in [0, 0.1) is 0 Å². The molecule has 2 aliphatic heterocycles. The molecule has 1 amide bonds. The SMILES string of the molecule is O=C(Nc1cc2ccccc2c(N2CCN3CCC[C@H]3C2)n1)c1ccc(Cl)c(Cl)c1. The van der Waals surface area contributed by atoms with Crippen LogP contribution in [0.1, 0.15) is 23.2 Å². The van der Waals surface area contributed by atoms with E-state index in [1.54, 1.807) is 18.2 Å². The van der Waals surface area contributed by atoms with Crippen molar-refractivity contribution >= 4 is 51.5 Å². The van der Waals surface area contributed by atoms with E-state index in [-0.39, 0.29) is 5.91 Å². The van der Waals surface area contributed by atoms with Gasteiger partial charge >= 0.3 is 0 Å². The van der Waals surface area contributed by atoms with Gasteiger partial charge in [-0.3, -0.25) is 9.69 Å². The Morgan fingerprint density at radius 3 is 2.77 bits per heavy atom. The number of hydrogen-bond donors (Lipinski definition) is 1. The molecule has 0 aliphatic carbocycles. The number of nitrogens with one attached hydrogen (secondary N) is 1. The predicted molar refractivity (Wildman–Crippen MR) is 123 cm³/mol. The predicted octanol–water partition coefficient (Wildman–Crippen LogP) is 5.08. The van der Waals surface area contributed by atoms with Crippen LogP contribution in [0.2, 0.25) is 10.0 Å². The molecule has 2 saturated heterocycles. The molecule has 0 radical (unpaired) electrons. The number of benzene rings is 2. The highest BCUT2D eigenvalue weighted by Gasteiger charge is 2.31. The number of anilines is 2. The Labute approximate surface area is 185 Å². The van der Waals surface area contributed by atoms with Gasteiger partial charge in [0.05, 0.1) is 10.0 Å². The molecule has 2 fully saturated rings. The molecule has 3 heterocycles. The Balaban J connectivity index is 1.47. The van der Waals surface area contributed by atoms with E-state index in [1.165, 1.54) is 19.4 Å². The van der Waals surface area contributed by atoms with Gasteiger partial charge in [-0.25, -0.2) is 4.98 Å². The number of nitrogens with zero attached hydrogens (tertiary/aromatic N) is 3. The number of amides is 1. The molecular weight excluding hydrogens is 419 g/mol. The molecule has 0 saturated carbocycles. The molecule has 0 bridgehead atoms. The number of hydrogen-bond acceptors (Lipinski definition) is 4. The van der Waals surface area contributed by atoms with E-state index in [0.717, 1.165) is 36.2 Å². The normalized spacial score (nSPS) is 19.1. The number of carbonyl (C=O) groups excluding carboxylic acids is 1. The summed E-state index contributed by atoms with van der Waals surface area (Å²) < 4.78 is 0. The number of fused-ring (bicyclic) bond motifs is 2. The Kier molecular flexibility index (Phi) is 5.27. The van der Waals surface area contributed by atoms with Crippen LogP contribution in [0.5, 0.6) is 0 Å². The zero-order chi connectivity index (χ0) is 20.7. The second kappa shape index (κ2) is 8.06. The molecule has 2 aliphatic rings. The summed E-state index contributed by atoms with van der Waals surface area (Å²) in [6.07, 6.45) is 2.51. The van der Waals surface area contributed by atoms with Gasteiger partial charge in [-0.15, -0.1) is 0 Å². The largest absolute Gasteiger partial charge is 0.353 e. The van der Waals surface area contributed by atoms with Crippen molar-refractivity contribution in [2.24, 2.45) is 0 Å². The Bertz CT molecular complexity index is 1120. The third-order valence-electron chi connectivity index (χ3n) is 6.03. The fourth-order valence-electron chi connectivity index (χ4n) is 4.49. The van der Waals surface area contributed by atoms with E-state index in [2.05, 4.69) is 27.2 Å². The minimum atomic E-state index is -0.261. The van der Waals surface area contributed by atoms with Gasteiger partial charge in [-0.2, -0.15) is 0 Å². The van der Waals surface area contributed by atoms with Crippen molar-refractivity contribution in [3.05, 3.63) is 64.1 Å². The molecule has 1 N–H and O–H groups in total. The summed E-state index contributed by atoms with van der Waals surface area (Å²) in [5.41, 5.74) is 0.445. The maximum Gasteiger partial charge on any atom is 0.256 e. The highest BCUT2D eigenvalue weighted by atomic mass is 35.5. The van der Waals surface area contributed by atoms with Gasteiger partial charge in [0.1, 0.15) is 11.6 Å². The summed E-state index contributed by atoms with van der Waals surface area (Å²) >= 11 is 12.0. The van der Waals surface area contributed by atoms with Crippen LogP contribution in [0.3, 0.4) is 0 Å². The molecule has 7 heteroatoms. The van der Waals surface area contributed by atoms with Crippen LogP contribution < -0.4 is 10.2 Å². The van der Waals surface area contributed by atoms with Gasteiger partial charge in [-0.1, -0.05) is 47.5 Å². The summed E-state index contributed by atoms with van der Waals surface area (Å²) in [5.74, 6) is 1.21. The summed E-state index contributed by atoms with van der Waals surface area (Å²) in [5, 5.41) is 5.87. The Hall–Kier alpha value is -2.34. The molecule has 2 aromatic carbocycles. The molecule has 5 rings (SSSR count). The average molecular weight is 441 g/mol. The number of halogens is 2. The topological polar surface area (TPSA) is 48.5 Å². The van der Waals surface area contributed by atoms with E-state index in [9.17, 15) is 4.79 Å². The second-order valence-corrected chi connectivity index (χ2v) is 8.73. The van der Waals surface area contributed by atoms with Crippen LogP contribution >= 0.6 is 23.2 Å². The van der Waals surface area contributed by atoms with Gasteiger partial charge in [0.25, 0.3) is 5.91 Å². The first kappa shape index (κ1) is 19.6. The maximum atomic E-state index is 12.8. The van der Waals surface area contributed by atoms with Gasteiger partial charge in [0, 0.05) is 36.6 Å². The fourth-order valence-corrected chi connectivity index (χ4v) is 4.79. The molecule has 1 atom stereocenters. The number of carbonyl (C=O) groups is 1. The number of rotatable bonds is 3. The monoisotopic (exact) mass is 440 g/mol. The van der Waals surface area contributed by atoms with E-state index in [1.807, 2.05) is 18.2 Å². The minimum absolute atomic E-state index is 0.261. The third kappa shape index (κ3) is 3.73. The lowest BCUT2D eigenvalue weighted by Gasteiger charge is -2.38. The zero-order valence-corrected chi connectivity index (χ0v) is 18.0. The van der Waals surface area contributed by atoms with Crippen LogP contribution in [0.4, 0.5) is 11.6 Å². The number of piperazine rings is 1. The molecule has 30 heavy (non-hydrogen) atoms. The molecule has 0 unspecified atom stereocenters. The lowest BCUT2D eigenvalue weighted by Crippen LogP contribution is -2.50. The van der Waals surface area contributed by atoms with Gasteiger partial charge < -0.3 is 10.2 Å². The first-order valence-electron chi connectivity index (χ1n) is 10.2. The Morgan fingerprint density at radius 2 is 1.90 bits per heavy atom. The van der Waals surface area contributed by atoms with Crippen molar-refractivity contribution in [1.82, 2.24) is 9.88 Å². The molecule has 5 nitrogen and oxygen atoms in total. The fraction of sp³-hybridized carbons (Fsp3) is 0.304. The zero-order valence-electron chi connectivity index (χ0n) is 16.4. The summed E-state index contributed by atoms with van der Waals surface area (Å²) in [6, 6.07) is 15.6. The van der Waals surface area contributed by atoms with Crippen molar-refractivity contribution in [2.75, 3.05) is 36.4 Å². The molecule has 154 valence electrons. The van der Waals surface area contributed by atoms with Crippen molar-refractivity contribution in [1.29, 1.82) is 0 Å². The smallest absolute Gasteiger partial charge is 0.256 e. The number of pyridine rings is 1. The highest BCUT2D eigenvalue weighted by molar-refractivity contribution is 6.42. The molecule has 1 aromatic heterocycles. The van der Waals surface area contributed by atoms with Crippen molar-refractivity contribution < 1.29 is 4.79 Å². The quantitative estimate of drug-likeness (QED) is 0.616. The van der Waals surface area contributed by atoms with Crippen molar-refractivity contribution in [3.63, 3.8) is 0 Å². The first-order chi connectivity index (χ1) is 14.6. The Morgan fingerprint density at radius 1 is 1.03 bits per heavy atom. The second-order valence-electron chi connectivity index (χ2n) is 7.91. The minimum Gasteiger partial charge on any atom is -0.353 e.